The van der Waals surface area contributed by atoms with E-state index in [0.29, 0.717) is 22.6 Å². The van der Waals surface area contributed by atoms with Crippen LogP contribution in [-0.2, 0) is 0 Å². The van der Waals surface area contributed by atoms with E-state index in [1.807, 2.05) is 0 Å². The van der Waals surface area contributed by atoms with Gasteiger partial charge in [0.15, 0.2) is 11.5 Å². The first-order valence-corrected chi connectivity index (χ1v) is 7.00. The quantitative estimate of drug-likeness (QED) is 0.734. The van der Waals surface area contributed by atoms with Gasteiger partial charge in [-0.15, -0.1) is 12.4 Å². The van der Waals surface area contributed by atoms with Crippen LogP contribution in [0.4, 0.5) is 8.78 Å². The number of methoxy groups -OCH3 is 1. The molecule has 0 fully saturated rings. The van der Waals surface area contributed by atoms with Crippen molar-refractivity contribution in [3.63, 3.8) is 0 Å². The molecule has 126 valence electrons. The van der Waals surface area contributed by atoms with E-state index >= 15 is 0 Å². The van der Waals surface area contributed by atoms with E-state index in [9.17, 15) is 13.6 Å². The lowest BCUT2D eigenvalue weighted by atomic mass is 10.2. The summed E-state index contributed by atoms with van der Waals surface area (Å²) >= 11 is 3.26. The fourth-order valence-corrected chi connectivity index (χ4v) is 2.08. The van der Waals surface area contributed by atoms with Crippen molar-refractivity contribution < 1.29 is 23.0 Å². The lowest BCUT2D eigenvalue weighted by Gasteiger charge is -2.16. The van der Waals surface area contributed by atoms with Gasteiger partial charge in [-0.1, -0.05) is 0 Å². The maximum Gasteiger partial charge on any atom is 0.277 e. The highest BCUT2D eigenvalue weighted by molar-refractivity contribution is 9.10. The molecule has 3 N–H and O–H groups in total. The molecule has 0 unspecified atom stereocenters. The van der Waals surface area contributed by atoms with E-state index in [-0.39, 0.29) is 18.0 Å². The minimum Gasteiger partial charge on any atom is -0.493 e. The number of ether oxygens (including phenoxy) is 2. The Hall–Kier alpha value is -1.12. The van der Waals surface area contributed by atoms with Crippen LogP contribution in [0.15, 0.2) is 16.6 Å². The molecule has 0 bridgehead atoms. The van der Waals surface area contributed by atoms with Crippen LogP contribution in [0.2, 0.25) is 0 Å². The maximum absolute atomic E-state index is 13.0. The van der Waals surface area contributed by atoms with Crippen molar-refractivity contribution in [2.24, 2.45) is 5.73 Å². The summed E-state index contributed by atoms with van der Waals surface area (Å²) < 4.78 is 37.1. The highest BCUT2D eigenvalue weighted by atomic mass is 79.9. The van der Waals surface area contributed by atoms with Crippen molar-refractivity contribution in [2.75, 3.05) is 26.8 Å². The lowest BCUT2D eigenvalue weighted by Crippen LogP contribution is -2.41. The van der Waals surface area contributed by atoms with Gasteiger partial charge in [0, 0.05) is 5.56 Å². The SMILES string of the molecule is CCOc1c(Br)cc(C(=O)NCC(F)(F)CN)cc1OC.Cl. The van der Waals surface area contributed by atoms with E-state index in [1.165, 1.54) is 19.2 Å². The van der Waals surface area contributed by atoms with Crippen molar-refractivity contribution in [3.8, 4) is 11.5 Å². The molecule has 0 heterocycles. The first-order valence-electron chi connectivity index (χ1n) is 6.21. The number of rotatable bonds is 7. The number of carbonyl (C=O) groups excluding carboxylic acids is 1. The van der Waals surface area contributed by atoms with Crippen molar-refractivity contribution in [1.29, 1.82) is 0 Å². The largest absolute Gasteiger partial charge is 0.493 e. The number of hydrogen-bond acceptors (Lipinski definition) is 4. The zero-order valence-corrected chi connectivity index (χ0v) is 14.5. The molecule has 0 spiro atoms. The molecular weight excluding hydrogens is 386 g/mol. The number of benzene rings is 1. The van der Waals surface area contributed by atoms with Crippen molar-refractivity contribution >= 4 is 34.2 Å². The standard InChI is InChI=1S/C13H17BrF2N2O3.ClH/c1-3-21-11-9(14)4-8(5-10(11)20-2)12(19)18-7-13(15,16)6-17;/h4-5H,3,6-7,17H2,1-2H3,(H,18,19);1H. The Balaban J connectivity index is 0.00000441. The molecule has 9 heteroatoms. The van der Waals surface area contributed by atoms with Crippen molar-refractivity contribution in [1.82, 2.24) is 5.32 Å². The van der Waals surface area contributed by atoms with Crippen LogP contribution in [0.3, 0.4) is 0 Å². The summed E-state index contributed by atoms with van der Waals surface area (Å²) in [7, 11) is 1.43. The van der Waals surface area contributed by atoms with E-state index in [4.69, 9.17) is 15.2 Å². The molecule has 1 rings (SSSR count). The van der Waals surface area contributed by atoms with Gasteiger partial charge < -0.3 is 20.5 Å². The van der Waals surface area contributed by atoms with E-state index in [2.05, 4.69) is 21.2 Å². The fourth-order valence-electron chi connectivity index (χ4n) is 1.52. The van der Waals surface area contributed by atoms with Gasteiger partial charge in [0.2, 0.25) is 0 Å². The smallest absolute Gasteiger partial charge is 0.277 e. The number of nitrogens with one attached hydrogen (secondary N) is 1. The molecule has 1 aromatic rings. The molecule has 22 heavy (non-hydrogen) atoms. The van der Waals surface area contributed by atoms with Crippen LogP contribution in [0.25, 0.3) is 0 Å². The van der Waals surface area contributed by atoms with Gasteiger partial charge in [0.1, 0.15) is 0 Å². The summed E-state index contributed by atoms with van der Waals surface area (Å²) in [4.78, 5) is 11.9. The van der Waals surface area contributed by atoms with Crippen LogP contribution in [0.5, 0.6) is 11.5 Å². The molecule has 1 aromatic carbocycles. The highest BCUT2D eigenvalue weighted by Crippen LogP contribution is 2.36. The Morgan fingerprint density at radius 2 is 2.09 bits per heavy atom. The number of hydrogen-bond donors (Lipinski definition) is 2. The number of amides is 1. The monoisotopic (exact) mass is 402 g/mol. The summed E-state index contributed by atoms with van der Waals surface area (Å²) in [6.45, 7) is 0.573. The van der Waals surface area contributed by atoms with Crippen LogP contribution < -0.4 is 20.5 Å². The average molecular weight is 404 g/mol. The molecule has 0 atom stereocenters. The Labute approximate surface area is 142 Å². The Kier molecular flexibility index (Phi) is 8.65. The Morgan fingerprint density at radius 3 is 2.59 bits per heavy atom. The summed E-state index contributed by atoms with van der Waals surface area (Å²) in [5.74, 6) is -3.00. The summed E-state index contributed by atoms with van der Waals surface area (Å²) in [5, 5.41) is 2.13. The molecule has 0 saturated carbocycles. The number of halogens is 4. The highest BCUT2D eigenvalue weighted by Gasteiger charge is 2.27. The van der Waals surface area contributed by atoms with Gasteiger partial charge in [-0.3, -0.25) is 4.79 Å². The third-order valence-corrected chi connectivity index (χ3v) is 3.18. The first-order chi connectivity index (χ1) is 9.84. The van der Waals surface area contributed by atoms with Gasteiger partial charge in [0.05, 0.1) is 31.3 Å². The van der Waals surface area contributed by atoms with Crippen molar-refractivity contribution in [2.45, 2.75) is 12.8 Å². The third kappa shape index (κ3) is 5.58. The van der Waals surface area contributed by atoms with Gasteiger partial charge >= 0.3 is 0 Å². The molecule has 0 aliphatic heterocycles. The molecule has 5 nitrogen and oxygen atoms in total. The minimum absolute atomic E-state index is 0. The summed E-state index contributed by atoms with van der Waals surface area (Å²) in [5.41, 5.74) is 5.08. The second-order valence-electron chi connectivity index (χ2n) is 4.17. The number of nitrogens with two attached hydrogens (primary N) is 1. The Morgan fingerprint density at radius 1 is 1.45 bits per heavy atom. The van der Waals surface area contributed by atoms with E-state index in [1.54, 1.807) is 6.92 Å². The number of carbonyl (C=O) groups is 1. The van der Waals surface area contributed by atoms with Gasteiger partial charge in [-0.2, -0.15) is 0 Å². The third-order valence-electron chi connectivity index (χ3n) is 2.59. The molecule has 0 aliphatic rings. The minimum atomic E-state index is -3.14. The fraction of sp³-hybridized carbons (Fsp3) is 0.462. The number of alkyl halides is 2. The predicted octanol–water partition coefficient (Wildman–Crippen LogP) is 2.60. The summed E-state index contributed by atoms with van der Waals surface area (Å²) in [6.07, 6.45) is 0. The molecule has 0 saturated heterocycles. The normalized spacial score (nSPS) is 10.6. The molecule has 0 aromatic heterocycles. The average Bonchev–Trinajstić information content (AvgIpc) is 2.46. The lowest BCUT2D eigenvalue weighted by molar-refractivity contribution is 0.0118. The second-order valence-corrected chi connectivity index (χ2v) is 5.02. The van der Waals surface area contributed by atoms with E-state index < -0.39 is 24.9 Å². The van der Waals surface area contributed by atoms with Gasteiger partial charge in [0.25, 0.3) is 11.8 Å². The second kappa shape index (κ2) is 9.12. The topological polar surface area (TPSA) is 73.6 Å². The molecule has 0 aliphatic carbocycles. The maximum atomic E-state index is 13.0. The predicted molar refractivity (Wildman–Crippen MR) is 85.4 cm³/mol. The molecule has 1 amide bonds. The van der Waals surface area contributed by atoms with Gasteiger partial charge in [-0.05, 0) is 35.0 Å². The van der Waals surface area contributed by atoms with Crippen LogP contribution in [-0.4, -0.2) is 38.6 Å². The summed E-state index contributed by atoms with van der Waals surface area (Å²) in [6, 6.07) is 2.90. The van der Waals surface area contributed by atoms with Gasteiger partial charge in [-0.25, -0.2) is 8.78 Å². The van der Waals surface area contributed by atoms with Crippen molar-refractivity contribution in [3.05, 3.63) is 22.2 Å². The molecular formula is C13H18BrClF2N2O3. The van der Waals surface area contributed by atoms with Crippen LogP contribution >= 0.6 is 28.3 Å². The molecule has 0 radical (unpaired) electrons. The van der Waals surface area contributed by atoms with E-state index in [0.717, 1.165) is 0 Å². The van der Waals surface area contributed by atoms with Crippen LogP contribution in [0, 0.1) is 0 Å². The zero-order valence-electron chi connectivity index (χ0n) is 12.1. The first kappa shape index (κ1) is 20.9. The van der Waals surface area contributed by atoms with Crippen LogP contribution in [0.1, 0.15) is 17.3 Å². The zero-order chi connectivity index (χ0) is 16.0. The Bertz CT molecular complexity index is 518.